The van der Waals surface area contributed by atoms with Gasteiger partial charge in [0.05, 0.1) is 18.9 Å². The van der Waals surface area contributed by atoms with Crippen molar-refractivity contribution in [3.05, 3.63) is 65.3 Å². The fraction of sp³-hybridized carbons (Fsp3) is 0.429. The number of imidazole rings is 1. The Kier molecular flexibility index (Phi) is 7.23. The lowest BCUT2D eigenvalue weighted by Gasteiger charge is -2.34. The standard InChI is InChI=1S/C28H33ClN4O2/c1-19(2)30-27(34)16-32-15-26(31-28(32)22-4-3-5-23(29)14-22)21-8-6-20(7-9-21)12-13-33-24-10-11-25(33)18-35-17-24/h3-9,14-15,19,24-25H,10-13,16-18H2,1-2H3,(H,30,34). The van der Waals surface area contributed by atoms with Gasteiger partial charge in [-0.15, -0.1) is 0 Å². The number of aromatic nitrogens is 2. The average Bonchev–Trinajstić information content (AvgIpc) is 3.33. The lowest BCUT2D eigenvalue weighted by atomic mass is 10.1. The predicted octanol–water partition coefficient (Wildman–Crippen LogP) is 4.80. The second kappa shape index (κ2) is 10.5. The Morgan fingerprint density at radius 1 is 1.11 bits per heavy atom. The van der Waals surface area contributed by atoms with Gasteiger partial charge in [0.25, 0.3) is 0 Å². The van der Waals surface area contributed by atoms with Crippen LogP contribution in [0.25, 0.3) is 22.6 Å². The van der Waals surface area contributed by atoms with Crippen LogP contribution < -0.4 is 5.32 Å². The number of rotatable bonds is 8. The highest BCUT2D eigenvalue weighted by atomic mass is 35.5. The lowest BCUT2D eigenvalue weighted by molar-refractivity contribution is -0.122. The molecule has 2 aliphatic rings. The van der Waals surface area contributed by atoms with Crippen LogP contribution in [0.5, 0.6) is 0 Å². The molecule has 5 rings (SSSR count). The van der Waals surface area contributed by atoms with E-state index in [-0.39, 0.29) is 18.5 Å². The highest BCUT2D eigenvalue weighted by Gasteiger charge is 2.36. The first kappa shape index (κ1) is 24.0. The molecule has 1 amide bonds. The normalized spacial score (nSPS) is 19.9. The number of amides is 1. The summed E-state index contributed by atoms with van der Waals surface area (Å²) in [5.74, 6) is 0.688. The van der Waals surface area contributed by atoms with Gasteiger partial charge in [0.15, 0.2) is 0 Å². The van der Waals surface area contributed by atoms with Gasteiger partial charge in [-0.2, -0.15) is 0 Å². The topological polar surface area (TPSA) is 59.4 Å². The zero-order valence-electron chi connectivity index (χ0n) is 20.4. The van der Waals surface area contributed by atoms with E-state index in [4.69, 9.17) is 21.3 Å². The van der Waals surface area contributed by atoms with Crippen LogP contribution in [0.2, 0.25) is 5.02 Å². The molecule has 184 valence electrons. The van der Waals surface area contributed by atoms with Crippen LogP contribution in [0, 0.1) is 0 Å². The van der Waals surface area contributed by atoms with E-state index in [0.717, 1.165) is 48.8 Å². The number of hydrogen-bond acceptors (Lipinski definition) is 4. The third kappa shape index (κ3) is 5.61. The molecular formula is C28H33ClN4O2. The number of carbonyl (C=O) groups excluding carboxylic acids is 1. The van der Waals surface area contributed by atoms with Crippen LogP contribution in [0.15, 0.2) is 54.7 Å². The number of fused-ring (bicyclic) bond motifs is 2. The highest BCUT2D eigenvalue weighted by Crippen LogP contribution is 2.30. The molecule has 0 aliphatic carbocycles. The number of nitrogens with zero attached hydrogens (tertiary/aromatic N) is 3. The zero-order valence-corrected chi connectivity index (χ0v) is 21.2. The molecule has 3 heterocycles. The second-order valence-electron chi connectivity index (χ2n) is 9.92. The molecule has 2 atom stereocenters. The van der Waals surface area contributed by atoms with Crippen LogP contribution in [0.4, 0.5) is 0 Å². The third-order valence-electron chi connectivity index (χ3n) is 6.92. The third-order valence-corrected chi connectivity index (χ3v) is 7.16. The van der Waals surface area contributed by atoms with Crippen molar-refractivity contribution < 1.29 is 9.53 Å². The highest BCUT2D eigenvalue weighted by molar-refractivity contribution is 6.30. The molecule has 2 aliphatic heterocycles. The van der Waals surface area contributed by atoms with Crippen molar-refractivity contribution in [3.63, 3.8) is 0 Å². The van der Waals surface area contributed by atoms with Crippen molar-refractivity contribution in [2.75, 3.05) is 19.8 Å². The van der Waals surface area contributed by atoms with E-state index in [2.05, 4.69) is 34.5 Å². The van der Waals surface area contributed by atoms with E-state index in [0.29, 0.717) is 17.1 Å². The molecule has 2 aromatic carbocycles. The largest absolute Gasteiger partial charge is 0.378 e. The summed E-state index contributed by atoms with van der Waals surface area (Å²) < 4.78 is 7.62. The summed E-state index contributed by atoms with van der Waals surface area (Å²) in [4.78, 5) is 20.1. The maximum Gasteiger partial charge on any atom is 0.240 e. The van der Waals surface area contributed by atoms with Gasteiger partial charge in [0.1, 0.15) is 12.4 Å². The Bertz CT molecular complexity index is 1160. The molecule has 6 nitrogen and oxygen atoms in total. The molecule has 0 spiro atoms. The first-order valence-corrected chi connectivity index (χ1v) is 12.9. The van der Waals surface area contributed by atoms with Gasteiger partial charge in [-0.25, -0.2) is 4.98 Å². The summed E-state index contributed by atoms with van der Waals surface area (Å²) >= 11 is 6.24. The molecule has 35 heavy (non-hydrogen) atoms. The molecule has 3 aromatic rings. The number of benzene rings is 2. The monoisotopic (exact) mass is 492 g/mol. The summed E-state index contributed by atoms with van der Waals surface area (Å²) in [5, 5.41) is 3.61. The molecule has 1 N–H and O–H groups in total. The molecule has 0 saturated carbocycles. The van der Waals surface area contributed by atoms with Crippen LogP contribution in [0.1, 0.15) is 32.3 Å². The maximum absolute atomic E-state index is 12.5. The van der Waals surface area contributed by atoms with E-state index in [1.54, 1.807) is 0 Å². The smallest absolute Gasteiger partial charge is 0.240 e. The first-order chi connectivity index (χ1) is 17.0. The van der Waals surface area contributed by atoms with E-state index in [9.17, 15) is 4.79 Å². The van der Waals surface area contributed by atoms with Crippen molar-refractivity contribution in [3.8, 4) is 22.6 Å². The Labute approximate surface area is 212 Å². The number of hydrogen-bond donors (Lipinski definition) is 1. The van der Waals surface area contributed by atoms with Crippen molar-refractivity contribution >= 4 is 17.5 Å². The number of ether oxygens (including phenoxy) is 1. The van der Waals surface area contributed by atoms with Gasteiger partial charge in [0, 0.05) is 47.0 Å². The predicted molar refractivity (Wildman–Crippen MR) is 139 cm³/mol. The van der Waals surface area contributed by atoms with Crippen LogP contribution in [-0.4, -0.2) is 58.2 Å². The van der Waals surface area contributed by atoms with Crippen LogP contribution in [-0.2, 0) is 22.5 Å². The first-order valence-electron chi connectivity index (χ1n) is 12.5. The van der Waals surface area contributed by atoms with E-state index in [1.807, 2.05) is 48.9 Å². The summed E-state index contributed by atoms with van der Waals surface area (Å²) in [6.45, 7) is 6.95. The van der Waals surface area contributed by atoms with E-state index < -0.39 is 0 Å². The molecular weight excluding hydrogens is 460 g/mol. The van der Waals surface area contributed by atoms with Gasteiger partial charge in [-0.05, 0) is 50.8 Å². The Hall–Kier alpha value is -2.67. The van der Waals surface area contributed by atoms with Gasteiger partial charge in [0.2, 0.25) is 5.91 Å². The lowest BCUT2D eigenvalue weighted by Crippen LogP contribution is -2.46. The zero-order chi connectivity index (χ0) is 24.4. The molecule has 2 unspecified atom stereocenters. The van der Waals surface area contributed by atoms with Crippen molar-refractivity contribution in [1.82, 2.24) is 19.8 Å². The van der Waals surface area contributed by atoms with Crippen LogP contribution >= 0.6 is 11.6 Å². The summed E-state index contributed by atoms with van der Waals surface area (Å²) in [6, 6.07) is 17.5. The van der Waals surface area contributed by atoms with E-state index >= 15 is 0 Å². The second-order valence-corrected chi connectivity index (χ2v) is 10.4. The molecule has 1 aromatic heterocycles. The Morgan fingerprint density at radius 2 is 1.86 bits per heavy atom. The summed E-state index contributed by atoms with van der Waals surface area (Å²) in [7, 11) is 0. The van der Waals surface area contributed by atoms with Gasteiger partial charge < -0.3 is 14.6 Å². The van der Waals surface area contributed by atoms with Crippen molar-refractivity contribution in [1.29, 1.82) is 0 Å². The SMILES string of the molecule is CC(C)NC(=O)Cn1cc(-c2ccc(CCN3C4CCC3COC4)cc2)nc1-c1cccc(Cl)c1. The molecule has 2 saturated heterocycles. The van der Waals surface area contributed by atoms with Gasteiger partial charge in [-0.1, -0.05) is 48.0 Å². The quantitative estimate of drug-likeness (QED) is 0.490. The number of nitrogens with one attached hydrogen (secondary N) is 1. The summed E-state index contributed by atoms with van der Waals surface area (Å²) in [5.41, 5.74) is 4.09. The number of morpholine rings is 1. The minimum atomic E-state index is -0.0420. The van der Waals surface area contributed by atoms with Gasteiger partial charge in [-0.3, -0.25) is 9.69 Å². The fourth-order valence-electron chi connectivity index (χ4n) is 5.23. The fourth-order valence-corrected chi connectivity index (χ4v) is 5.42. The number of carbonyl (C=O) groups is 1. The Morgan fingerprint density at radius 3 is 2.54 bits per heavy atom. The average molecular weight is 493 g/mol. The minimum Gasteiger partial charge on any atom is -0.378 e. The maximum atomic E-state index is 12.5. The minimum absolute atomic E-state index is 0.0420. The van der Waals surface area contributed by atoms with Crippen molar-refractivity contribution in [2.45, 2.75) is 57.8 Å². The van der Waals surface area contributed by atoms with Crippen LogP contribution in [0.3, 0.4) is 0 Å². The van der Waals surface area contributed by atoms with E-state index in [1.165, 1.54) is 18.4 Å². The molecule has 7 heteroatoms. The Balaban J connectivity index is 1.34. The van der Waals surface area contributed by atoms with Crippen molar-refractivity contribution in [2.24, 2.45) is 0 Å². The summed E-state index contributed by atoms with van der Waals surface area (Å²) in [6.07, 6.45) is 5.51. The molecule has 0 radical (unpaired) electrons. The molecule has 2 bridgehead atoms. The number of halogens is 1. The van der Waals surface area contributed by atoms with Gasteiger partial charge >= 0.3 is 0 Å². The molecule has 2 fully saturated rings.